The maximum absolute atomic E-state index is 12.7. The van der Waals surface area contributed by atoms with Gasteiger partial charge in [0.2, 0.25) is 15.0 Å². The predicted molar refractivity (Wildman–Crippen MR) is 62.9 cm³/mol. The summed E-state index contributed by atoms with van der Waals surface area (Å²) >= 11 is 0. The van der Waals surface area contributed by atoms with E-state index < -0.39 is 32.3 Å². The Balaban J connectivity index is 2.88. The molecule has 0 N–H and O–H groups in total. The zero-order valence-electron chi connectivity index (χ0n) is 10.3. The average Bonchev–Trinajstić information content (AvgIpc) is 2.30. The second kappa shape index (κ2) is 4.27. The summed E-state index contributed by atoms with van der Waals surface area (Å²) < 4.78 is 61.3. The van der Waals surface area contributed by atoms with Crippen LogP contribution in [0.4, 0.5) is 13.2 Å². The quantitative estimate of drug-likeness (QED) is 0.726. The molecule has 2 aromatic heterocycles. The maximum Gasteiger partial charge on any atom is 0.421 e. The van der Waals surface area contributed by atoms with Gasteiger partial charge in [-0.2, -0.15) is 18.2 Å². The Labute approximate surface area is 110 Å². The summed E-state index contributed by atoms with van der Waals surface area (Å²) in [5, 5.41) is -0.633. The van der Waals surface area contributed by atoms with Crippen molar-refractivity contribution in [2.45, 2.75) is 11.3 Å². The molecule has 0 spiro atoms. The summed E-state index contributed by atoms with van der Waals surface area (Å²) in [7, 11) is -2.64. The SMILES string of the molecule is Cn1c(=O)c(C(F)(F)F)cc2cnc(S(C)(=O)=O)nc21. The topological polar surface area (TPSA) is 81.9 Å². The molecule has 0 amide bonds. The van der Waals surface area contributed by atoms with Gasteiger partial charge >= 0.3 is 6.18 Å². The highest BCUT2D eigenvalue weighted by molar-refractivity contribution is 7.90. The van der Waals surface area contributed by atoms with Gasteiger partial charge in [-0.25, -0.2) is 13.4 Å². The van der Waals surface area contributed by atoms with Crippen LogP contribution in [-0.2, 0) is 23.1 Å². The van der Waals surface area contributed by atoms with Crippen molar-refractivity contribution in [2.24, 2.45) is 7.05 Å². The molecule has 0 fully saturated rings. The van der Waals surface area contributed by atoms with E-state index in [1.54, 1.807) is 0 Å². The third-order valence-corrected chi connectivity index (χ3v) is 3.42. The van der Waals surface area contributed by atoms with Gasteiger partial charge in [0.25, 0.3) is 5.56 Å². The number of rotatable bonds is 1. The summed E-state index contributed by atoms with van der Waals surface area (Å²) in [6, 6.07) is 0.601. The normalized spacial score (nSPS) is 12.8. The zero-order valence-corrected chi connectivity index (χ0v) is 11.1. The summed E-state index contributed by atoms with van der Waals surface area (Å²) in [6.07, 6.45) is -3.01. The van der Waals surface area contributed by atoms with Crippen molar-refractivity contribution >= 4 is 20.9 Å². The third kappa shape index (κ3) is 2.38. The van der Waals surface area contributed by atoms with Crippen LogP contribution in [0.2, 0.25) is 0 Å². The molecule has 0 bridgehead atoms. The van der Waals surface area contributed by atoms with Crippen molar-refractivity contribution in [1.82, 2.24) is 14.5 Å². The van der Waals surface area contributed by atoms with Gasteiger partial charge in [0.1, 0.15) is 11.2 Å². The molecule has 6 nitrogen and oxygen atoms in total. The second-order valence-corrected chi connectivity index (χ2v) is 6.03. The molecule has 2 aromatic rings. The first-order chi connectivity index (χ1) is 9.01. The minimum absolute atomic E-state index is 0.0770. The molecule has 0 saturated heterocycles. The molecule has 0 aliphatic rings. The van der Waals surface area contributed by atoms with Crippen LogP contribution < -0.4 is 5.56 Å². The van der Waals surface area contributed by atoms with Gasteiger partial charge in [0.15, 0.2) is 0 Å². The molecule has 0 radical (unpaired) electrons. The standard InChI is InChI=1S/C10H8F3N3O3S/c1-16-7-5(3-6(8(16)17)10(11,12)13)4-14-9(15-7)20(2,18)19/h3-4H,1-2H3. The lowest BCUT2D eigenvalue weighted by molar-refractivity contribution is -0.138. The van der Waals surface area contributed by atoms with Gasteiger partial charge in [-0.3, -0.25) is 9.36 Å². The monoisotopic (exact) mass is 307 g/mol. The fourth-order valence-electron chi connectivity index (χ4n) is 1.61. The van der Waals surface area contributed by atoms with Crippen LogP contribution >= 0.6 is 0 Å². The Hall–Kier alpha value is -1.97. The third-order valence-electron chi connectivity index (χ3n) is 2.56. The first-order valence-corrected chi connectivity index (χ1v) is 7.05. The highest BCUT2D eigenvalue weighted by Crippen LogP contribution is 2.28. The van der Waals surface area contributed by atoms with Crippen LogP contribution in [0.25, 0.3) is 11.0 Å². The van der Waals surface area contributed by atoms with Gasteiger partial charge in [0, 0.05) is 24.9 Å². The lowest BCUT2D eigenvalue weighted by atomic mass is 10.2. The molecular weight excluding hydrogens is 299 g/mol. The van der Waals surface area contributed by atoms with E-state index in [2.05, 4.69) is 9.97 Å². The number of pyridine rings is 1. The largest absolute Gasteiger partial charge is 0.421 e. The van der Waals surface area contributed by atoms with Crippen LogP contribution in [0, 0.1) is 0 Å². The number of halogens is 3. The number of alkyl halides is 3. The van der Waals surface area contributed by atoms with Crippen LogP contribution in [0.15, 0.2) is 22.2 Å². The van der Waals surface area contributed by atoms with Crippen LogP contribution in [-0.4, -0.2) is 29.2 Å². The fourth-order valence-corrected chi connectivity index (χ4v) is 2.11. The van der Waals surface area contributed by atoms with Crippen molar-refractivity contribution in [3.05, 3.63) is 28.2 Å². The predicted octanol–water partition coefficient (Wildman–Crippen LogP) is 0.751. The number of nitrogens with zero attached hydrogens (tertiary/aromatic N) is 3. The van der Waals surface area contributed by atoms with Crippen LogP contribution in [0.3, 0.4) is 0 Å². The first-order valence-electron chi connectivity index (χ1n) is 5.16. The molecule has 10 heteroatoms. The summed E-state index contributed by atoms with van der Waals surface area (Å²) in [5.41, 5.74) is -2.84. The van der Waals surface area contributed by atoms with E-state index in [1.807, 2.05) is 0 Å². The molecule has 0 unspecified atom stereocenters. The van der Waals surface area contributed by atoms with E-state index in [4.69, 9.17) is 0 Å². The fraction of sp³-hybridized carbons (Fsp3) is 0.300. The van der Waals surface area contributed by atoms with Gasteiger partial charge in [-0.15, -0.1) is 0 Å². The minimum atomic E-state index is -4.81. The molecule has 0 atom stereocenters. The van der Waals surface area contributed by atoms with Gasteiger partial charge in [0.05, 0.1) is 0 Å². The highest BCUT2D eigenvalue weighted by atomic mass is 32.2. The van der Waals surface area contributed by atoms with Crippen molar-refractivity contribution in [1.29, 1.82) is 0 Å². The number of hydrogen-bond acceptors (Lipinski definition) is 5. The van der Waals surface area contributed by atoms with Crippen molar-refractivity contribution < 1.29 is 21.6 Å². The minimum Gasteiger partial charge on any atom is -0.295 e. The molecule has 0 saturated carbocycles. The molecule has 2 rings (SSSR count). The molecule has 20 heavy (non-hydrogen) atoms. The number of aromatic nitrogens is 3. The van der Waals surface area contributed by atoms with Crippen molar-refractivity contribution in [3.8, 4) is 0 Å². The smallest absolute Gasteiger partial charge is 0.295 e. The molecule has 108 valence electrons. The van der Waals surface area contributed by atoms with E-state index in [0.717, 1.165) is 19.5 Å². The van der Waals surface area contributed by atoms with E-state index in [9.17, 15) is 26.4 Å². The Morgan fingerprint density at radius 3 is 2.40 bits per heavy atom. The van der Waals surface area contributed by atoms with E-state index in [1.165, 1.54) is 0 Å². The average molecular weight is 307 g/mol. The Bertz CT molecular complexity index is 856. The summed E-state index contributed by atoms with van der Waals surface area (Å²) in [5.74, 6) is 0. The maximum atomic E-state index is 12.7. The summed E-state index contributed by atoms with van der Waals surface area (Å²) in [4.78, 5) is 18.7. The number of aryl methyl sites for hydroxylation is 1. The first kappa shape index (κ1) is 14.4. The highest BCUT2D eigenvalue weighted by Gasteiger charge is 2.35. The van der Waals surface area contributed by atoms with Gasteiger partial charge in [-0.1, -0.05) is 0 Å². The molecule has 0 aliphatic carbocycles. The molecular formula is C10H8F3N3O3S. The lowest BCUT2D eigenvalue weighted by Gasteiger charge is -2.10. The molecule has 0 aliphatic heterocycles. The summed E-state index contributed by atoms with van der Waals surface area (Å²) in [6.45, 7) is 0. The van der Waals surface area contributed by atoms with Gasteiger partial charge in [-0.05, 0) is 6.07 Å². The Morgan fingerprint density at radius 2 is 1.90 bits per heavy atom. The molecule has 0 aromatic carbocycles. The van der Waals surface area contributed by atoms with Crippen molar-refractivity contribution in [3.63, 3.8) is 0 Å². The number of sulfone groups is 1. The van der Waals surface area contributed by atoms with Crippen molar-refractivity contribution in [2.75, 3.05) is 6.26 Å². The van der Waals surface area contributed by atoms with Crippen LogP contribution in [0.1, 0.15) is 5.56 Å². The van der Waals surface area contributed by atoms with Crippen LogP contribution in [0.5, 0.6) is 0 Å². The number of hydrogen-bond donors (Lipinski definition) is 0. The Morgan fingerprint density at radius 1 is 1.30 bits per heavy atom. The second-order valence-electron chi connectivity index (χ2n) is 4.12. The van der Waals surface area contributed by atoms with E-state index in [0.29, 0.717) is 10.6 Å². The van der Waals surface area contributed by atoms with Gasteiger partial charge < -0.3 is 0 Å². The lowest BCUT2D eigenvalue weighted by Crippen LogP contribution is -2.27. The van der Waals surface area contributed by atoms with E-state index >= 15 is 0 Å². The number of fused-ring (bicyclic) bond motifs is 1. The molecule has 2 heterocycles. The Kier molecular flexibility index (Phi) is 3.08. The van der Waals surface area contributed by atoms with E-state index in [-0.39, 0.29) is 11.0 Å². The zero-order chi connectivity index (χ0) is 15.3.